The van der Waals surface area contributed by atoms with E-state index in [0.717, 1.165) is 44.9 Å². The van der Waals surface area contributed by atoms with E-state index in [2.05, 4.69) is 0 Å². The first-order valence-electron chi connectivity index (χ1n) is 11.2. The molecular formula is C24H34O4S. The van der Waals surface area contributed by atoms with Crippen molar-refractivity contribution in [1.82, 2.24) is 0 Å². The van der Waals surface area contributed by atoms with Crippen molar-refractivity contribution in [1.29, 1.82) is 0 Å². The van der Waals surface area contributed by atoms with Crippen LogP contribution in [-0.2, 0) is 14.6 Å². The molecular weight excluding hydrogens is 384 g/mol. The van der Waals surface area contributed by atoms with E-state index < -0.39 is 9.84 Å². The van der Waals surface area contributed by atoms with E-state index >= 15 is 0 Å². The molecule has 2 aliphatic rings. The molecule has 0 bridgehead atoms. The van der Waals surface area contributed by atoms with E-state index in [1.54, 1.807) is 18.2 Å². The van der Waals surface area contributed by atoms with Gasteiger partial charge in [-0.15, -0.1) is 0 Å². The van der Waals surface area contributed by atoms with Gasteiger partial charge in [-0.1, -0.05) is 68.9 Å². The summed E-state index contributed by atoms with van der Waals surface area (Å²) in [5.41, 5.74) is 0.567. The van der Waals surface area contributed by atoms with Crippen molar-refractivity contribution < 1.29 is 17.9 Å². The van der Waals surface area contributed by atoms with E-state index in [1.807, 2.05) is 24.3 Å². The molecule has 2 fully saturated rings. The average molecular weight is 419 g/mol. The highest BCUT2D eigenvalue weighted by molar-refractivity contribution is 7.92. The number of benzene rings is 1. The van der Waals surface area contributed by atoms with Gasteiger partial charge in [0, 0.05) is 6.42 Å². The molecule has 0 heterocycles. The largest absolute Gasteiger partial charge is 0.458 e. The van der Waals surface area contributed by atoms with Crippen LogP contribution in [0.2, 0.25) is 0 Å². The number of ether oxygens (including phenoxy) is 1. The van der Waals surface area contributed by atoms with Crippen LogP contribution in [0.25, 0.3) is 0 Å². The first kappa shape index (κ1) is 22.1. The molecule has 0 spiro atoms. The second kappa shape index (κ2) is 11.0. The minimum Gasteiger partial charge on any atom is -0.458 e. The van der Waals surface area contributed by atoms with Gasteiger partial charge in [-0.25, -0.2) is 13.2 Å². The SMILES string of the molecule is O=C(OC(C/C=C/CS(=O)(=O)C1CCCCC1)C1CCCCC1)c1ccccc1. The number of sulfone groups is 1. The minimum atomic E-state index is -3.07. The monoisotopic (exact) mass is 418 g/mol. The molecule has 29 heavy (non-hydrogen) atoms. The van der Waals surface area contributed by atoms with Crippen LogP contribution in [0.1, 0.15) is 81.0 Å². The predicted molar refractivity (Wildman–Crippen MR) is 117 cm³/mol. The van der Waals surface area contributed by atoms with Gasteiger partial charge in [0.25, 0.3) is 0 Å². The Hall–Kier alpha value is -1.62. The quantitative estimate of drug-likeness (QED) is 0.414. The Labute approximate surface area is 175 Å². The lowest BCUT2D eigenvalue weighted by Crippen LogP contribution is -2.28. The Morgan fingerprint density at radius 1 is 0.931 bits per heavy atom. The third-order valence-corrected chi connectivity index (χ3v) is 8.51. The zero-order chi connectivity index (χ0) is 20.5. The summed E-state index contributed by atoms with van der Waals surface area (Å²) in [5.74, 6) is 0.169. The highest BCUT2D eigenvalue weighted by Crippen LogP contribution is 2.30. The minimum absolute atomic E-state index is 0.0989. The zero-order valence-corrected chi connectivity index (χ0v) is 18.1. The van der Waals surface area contributed by atoms with Gasteiger partial charge in [-0.05, 0) is 43.7 Å². The number of hydrogen-bond acceptors (Lipinski definition) is 4. The summed E-state index contributed by atoms with van der Waals surface area (Å²) in [6.45, 7) is 0. The maximum atomic E-state index is 12.6. The average Bonchev–Trinajstić information content (AvgIpc) is 2.77. The van der Waals surface area contributed by atoms with Gasteiger partial charge >= 0.3 is 5.97 Å². The lowest BCUT2D eigenvalue weighted by atomic mass is 9.84. The van der Waals surface area contributed by atoms with Gasteiger partial charge in [-0.2, -0.15) is 0 Å². The summed E-state index contributed by atoms with van der Waals surface area (Å²) in [4.78, 5) is 12.6. The van der Waals surface area contributed by atoms with Crippen LogP contribution in [0.3, 0.4) is 0 Å². The van der Waals surface area contributed by atoms with Crippen LogP contribution >= 0.6 is 0 Å². The molecule has 2 aliphatic carbocycles. The van der Waals surface area contributed by atoms with Crippen LogP contribution in [0.15, 0.2) is 42.5 Å². The predicted octanol–water partition coefficient (Wildman–Crippen LogP) is 5.49. The van der Waals surface area contributed by atoms with Crippen molar-refractivity contribution in [2.45, 2.75) is 82.0 Å². The van der Waals surface area contributed by atoms with Gasteiger partial charge < -0.3 is 4.74 Å². The van der Waals surface area contributed by atoms with E-state index in [9.17, 15) is 13.2 Å². The molecule has 2 saturated carbocycles. The molecule has 0 amide bonds. The maximum absolute atomic E-state index is 12.6. The van der Waals surface area contributed by atoms with Crippen LogP contribution in [0, 0.1) is 5.92 Å². The van der Waals surface area contributed by atoms with Crippen molar-refractivity contribution in [2.24, 2.45) is 5.92 Å². The summed E-state index contributed by atoms with van der Waals surface area (Å²) in [5, 5.41) is -0.175. The fraction of sp³-hybridized carbons (Fsp3) is 0.625. The Bertz CT molecular complexity index is 757. The van der Waals surface area contributed by atoms with Gasteiger partial charge in [0.2, 0.25) is 0 Å². The lowest BCUT2D eigenvalue weighted by molar-refractivity contribution is 0.00877. The van der Waals surface area contributed by atoms with Crippen molar-refractivity contribution in [3.63, 3.8) is 0 Å². The van der Waals surface area contributed by atoms with E-state index in [0.29, 0.717) is 17.9 Å². The maximum Gasteiger partial charge on any atom is 0.338 e. The summed E-state index contributed by atoms with van der Waals surface area (Å²) >= 11 is 0. The van der Waals surface area contributed by atoms with Gasteiger partial charge in [-0.3, -0.25) is 0 Å². The molecule has 0 N–H and O–H groups in total. The van der Waals surface area contributed by atoms with Gasteiger partial charge in [0.1, 0.15) is 6.10 Å². The van der Waals surface area contributed by atoms with E-state index in [4.69, 9.17) is 4.74 Å². The summed E-state index contributed by atoms with van der Waals surface area (Å²) in [6.07, 6.45) is 14.6. The van der Waals surface area contributed by atoms with Gasteiger partial charge in [0.05, 0.1) is 16.6 Å². The van der Waals surface area contributed by atoms with Crippen molar-refractivity contribution in [2.75, 3.05) is 5.75 Å². The number of carbonyl (C=O) groups is 1. The molecule has 1 aromatic rings. The molecule has 0 aromatic heterocycles. The first-order chi connectivity index (χ1) is 14.1. The topological polar surface area (TPSA) is 60.4 Å². The third-order valence-electron chi connectivity index (χ3n) is 6.37. The summed E-state index contributed by atoms with van der Waals surface area (Å²) < 4.78 is 31.0. The molecule has 5 heteroatoms. The van der Waals surface area contributed by atoms with Gasteiger partial charge in [0.15, 0.2) is 9.84 Å². The number of rotatable bonds is 8. The Morgan fingerprint density at radius 3 is 2.21 bits per heavy atom. The highest BCUT2D eigenvalue weighted by atomic mass is 32.2. The van der Waals surface area contributed by atoms with Crippen LogP contribution in [-0.4, -0.2) is 31.5 Å². The third kappa shape index (κ3) is 6.70. The molecule has 0 radical (unpaired) electrons. The molecule has 1 unspecified atom stereocenters. The molecule has 0 aliphatic heterocycles. The van der Waals surface area contributed by atoms with Crippen LogP contribution < -0.4 is 0 Å². The Kier molecular flexibility index (Phi) is 8.34. The summed E-state index contributed by atoms with van der Waals surface area (Å²) in [7, 11) is -3.07. The second-order valence-corrected chi connectivity index (χ2v) is 10.8. The first-order valence-corrected chi connectivity index (χ1v) is 12.9. The normalized spacial score (nSPS) is 20.6. The second-order valence-electron chi connectivity index (χ2n) is 8.50. The Balaban J connectivity index is 1.58. The number of esters is 1. The zero-order valence-electron chi connectivity index (χ0n) is 17.3. The van der Waals surface area contributed by atoms with Crippen molar-refractivity contribution in [3.05, 3.63) is 48.0 Å². The standard InChI is InChI=1S/C24H34O4S/c25-24(21-14-6-2-7-15-21)28-23(20-12-4-1-5-13-20)18-10-11-19-29(26,27)22-16-8-3-9-17-22/h2,6-7,10-11,14-15,20,22-23H,1,3-5,8-9,12-13,16-19H2/b11-10+. The molecule has 160 valence electrons. The van der Waals surface area contributed by atoms with Crippen LogP contribution in [0.5, 0.6) is 0 Å². The Morgan fingerprint density at radius 2 is 1.55 bits per heavy atom. The van der Waals surface area contributed by atoms with E-state index in [-0.39, 0.29) is 23.1 Å². The number of carbonyl (C=O) groups excluding carboxylic acids is 1. The molecule has 1 atom stereocenters. The number of hydrogen-bond donors (Lipinski definition) is 0. The molecule has 0 saturated heterocycles. The molecule has 4 nitrogen and oxygen atoms in total. The molecule has 1 aromatic carbocycles. The fourth-order valence-electron chi connectivity index (χ4n) is 4.62. The van der Waals surface area contributed by atoms with E-state index in [1.165, 1.54) is 19.3 Å². The fourth-order valence-corrected chi connectivity index (χ4v) is 6.34. The van der Waals surface area contributed by atoms with Crippen LogP contribution in [0.4, 0.5) is 0 Å². The smallest absolute Gasteiger partial charge is 0.338 e. The highest BCUT2D eigenvalue weighted by Gasteiger charge is 2.28. The molecule has 3 rings (SSSR count). The van der Waals surface area contributed by atoms with Crippen molar-refractivity contribution >= 4 is 15.8 Å². The summed E-state index contributed by atoms with van der Waals surface area (Å²) in [6, 6.07) is 9.09. The van der Waals surface area contributed by atoms with Crippen molar-refractivity contribution in [3.8, 4) is 0 Å². The lowest BCUT2D eigenvalue weighted by Gasteiger charge is -2.29.